The van der Waals surface area contributed by atoms with Gasteiger partial charge in [0, 0.05) is 23.6 Å². The normalized spacial score (nSPS) is 10.4. The maximum atomic E-state index is 11.9. The van der Waals surface area contributed by atoms with E-state index in [1.165, 1.54) is 0 Å². The number of pyridine rings is 1. The Hall–Kier alpha value is -2.62. The van der Waals surface area contributed by atoms with Crippen LogP contribution in [0.1, 0.15) is 10.5 Å². The molecule has 0 aliphatic carbocycles. The number of fused-ring (bicyclic) bond motifs is 1. The molecule has 18 heavy (non-hydrogen) atoms. The van der Waals surface area contributed by atoms with Gasteiger partial charge in [-0.15, -0.1) is 0 Å². The first-order valence-electron chi connectivity index (χ1n) is 5.62. The van der Waals surface area contributed by atoms with Crippen molar-refractivity contribution in [1.29, 1.82) is 0 Å². The number of hydrogen-bond acceptors (Lipinski definition) is 2. The zero-order valence-corrected chi connectivity index (χ0v) is 9.55. The Morgan fingerprint density at radius 1 is 1.17 bits per heavy atom. The number of aromatic nitrogens is 2. The highest BCUT2D eigenvalue weighted by Gasteiger charge is 2.06. The van der Waals surface area contributed by atoms with Gasteiger partial charge in [-0.05, 0) is 35.7 Å². The fourth-order valence-electron chi connectivity index (χ4n) is 1.82. The number of anilines is 1. The first-order valence-corrected chi connectivity index (χ1v) is 5.62. The molecule has 0 atom stereocenters. The van der Waals surface area contributed by atoms with E-state index in [0.717, 1.165) is 16.6 Å². The van der Waals surface area contributed by atoms with Crippen molar-refractivity contribution in [3.8, 4) is 0 Å². The van der Waals surface area contributed by atoms with E-state index in [1.807, 2.05) is 30.5 Å². The fraction of sp³-hybridized carbons (Fsp3) is 0. The summed E-state index contributed by atoms with van der Waals surface area (Å²) in [5.41, 5.74) is 2.15. The Bertz CT molecular complexity index is 688. The average Bonchev–Trinajstić information content (AvgIpc) is 2.87. The third-order valence-electron chi connectivity index (χ3n) is 2.71. The topological polar surface area (TPSA) is 57.8 Å². The smallest absolute Gasteiger partial charge is 0.274 e. The predicted octanol–water partition coefficient (Wildman–Crippen LogP) is 2.82. The molecule has 0 fully saturated rings. The molecule has 0 radical (unpaired) electrons. The summed E-state index contributed by atoms with van der Waals surface area (Å²) in [5.74, 6) is -0.207. The highest BCUT2D eigenvalue weighted by Crippen LogP contribution is 2.17. The van der Waals surface area contributed by atoms with Crippen LogP contribution in [0.4, 0.5) is 5.69 Å². The summed E-state index contributed by atoms with van der Waals surface area (Å²) in [5, 5.41) is 3.94. The molecular formula is C14H11N3O. The van der Waals surface area contributed by atoms with Gasteiger partial charge in [0.05, 0.1) is 0 Å². The second kappa shape index (κ2) is 4.33. The summed E-state index contributed by atoms with van der Waals surface area (Å²) < 4.78 is 0. The standard InChI is InChI=1S/C14H11N3O/c18-14(12-3-1-2-7-15-12)17-11-5-4-10-6-8-16-13(10)9-11/h1-9,16H,(H,17,18). The molecule has 2 aromatic heterocycles. The van der Waals surface area contributed by atoms with Crippen LogP contribution in [0.2, 0.25) is 0 Å². The molecule has 0 bridgehead atoms. The number of hydrogen-bond donors (Lipinski definition) is 2. The molecule has 0 aliphatic rings. The van der Waals surface area contributed by atoms with Crippen LogP contribution < -0.4 is 5.32 Å². The molecule has 4 heteroatoms. The Morgan fingerprint density at radius 3 is 2.94 bits per heavy atom. The van der Waals surface area contributed by atoms with E-state index in [-0.39, 0.29) is 5.91 Å². The molecule has 0 saturated carbocycles. The molecule has 3 rings (SSSR count). The van der Waals surface area contributed by atoms with E-state index in [4.69, 9.17) is 0 Å². The monoisotopic (exact) mass is 237 g/mol. The Morgan fingerprint density at radius 2 is 2.11 bits per heavy atom. The molecule has 0 spiro atoms. The largest absolute Gasteiger partial charge is 0.361 e. The molecule has 1 aromatic carbocycles. The molecule has 2 N–H and O–H groups in total. The number of nitrogens with zero attached hydrogens (tertiary/aromatic N) is 1. The lowest BCUT2D eigenvalue weighted by molar-refractivity contribution is 0.102. The van der Waals surface area contributed by atoms with Gasteiger partial charge in [-0.1, -0.05) is 12.1 Å². The van der Waals surface area contributed by atoms with Crippen LogP contribution in [-0.4, -0.2) is 15.9 Å². The van der Waals surface area contributed by atoms with Gasteiger partial charge in [0.25, 0.3) is 5.91 Å². The van der Waals surface area contributed by atoms with E-state index in [2.05, 4.69) is 15.3 Å². The number of nitrogens with one attached hydrogen (secondary N) is 2. The van der Waals surface area contributed by atoms with Crippen LogP contribution in [0.15, 0.2) is 54.9 Å². The third-order valence-corrected chi connectivity index (χ3v) is 2.71. The summed E-state index contributed by atoms with van der Waals surface area (Å²) in [6, 6.07) is 13.0. The minimum absolute atomic E-state index is 0.207. The zero-order chi connectivity index (χ0) is 12.4. The summed E-state index contributed by atoms with van der Waals surface area (Å²) in [6.07, 6.45) is 3.47. The molecular weight excluding hydrogens is 226 g/mol. The van der Waals surface area contributed by atoms with Crippen molar-refractivity contribution >= 4 is 22.5 Å². The van der Waals surface area contributed by atoms with Gasteiger partial charge in [-0.2, -0.15) is 0 Å². The van der Waals surface area contributed by atoms with Crippen LogP contribution >= 0.6 is 0 Å². The van der Waals surface area contributed by atoms with E-state index in [9.17, 15) is 4.79 Å². The number of carbonyl (C=O) groups excluding carboxylic acids is 1. The Kier molecular flexibility index (Phi) is 2.53. The van der Waals surface area contributed by atoms with Gasteiger partial charge in [0.15, 0.2) is 0 Å². The number of benzene rings is 1. The van der Waals surface area contributed by atoms with Crippen molar-refractivity contribution in [2.45, 2.75) is 0 Å². The van der Waals surface area contributed by atoms with Crippen molar-refractivity contribution in [3.05, 3.63) is 60.6 Å². The van der Waals surface area contributed by atoms with Crippen LogP contribution in [0.5, 0.6) is 0 Å². The van der Waals surface area contributed by atoms with Crippen LogP contribution in [-0.2, 0) is 0 Å². The number of aromatic amines is 1. The van der Waals surface area contributed by atoms with Crippen molar-refractivity contribution < 1.29 is 4.79 Å². The minimum atomic E-state index is -0.207. The minimum Gasteiger partial charge on any atom is -0.361 e. The third kappa shape index (κ3) is 1.96. The summed E-state index contributed by atoms with van der Waals surface area (Å²) in [6.45, 7) is 0. The van der Waals surface area contributed by atoms with Crippen molar-refractivity contribution in [1.82, 2.24) is 9.97 Å². The first kappa shape index (κ1) is 10.5. The quantitative estimate of drug-likeness (QED) is 0.720. The van der Waals surface area contributed by atoms with E-state index < -0.39 is 0 Å². The average molecular weight is 237 g/mol. The SMILES string of the molecule is O=C(Nc1ccc2cc[nH]c2c1)c1ccccn1. The number of H-pyrrole nitrogens is 1. The van der Waals surface area contributed by atoms with Crippen LogP contribution in [0, 0.1) is 0 Å². The molecule has 1 amide bonds. The van der Waals surface area contributed by atoms with E-state index >= 15 is 0 Å². The number of rotatable bonds is 2. The van der Waals surface area contributed by atoms with Crippen molar-refractivity contribution in [2.75, 3.05) is 5.32 Å². The molecule has 88 valence electrons. The lowest BCUT2D eigenvalue weighted by Crippen LogP contribution is -2.13. The molecule has 0 unspecified atom stereocenters. The zero-order valence-electron chi connectivity index (χ0n) is 9.55. The maximum Gasteiger partial charge on any atom is 0.274 e. The molecule has 2 heterocycles. The maximum absolute atomic E-state index is 11.9. The summed E-state index contributed by atoms with van der Waals surface area (Å²) >= 11 is 0. The van der Waals surface area contributed by atoms with Gasteiger partial charge >= 0.3 is 0 Å². The van der Waals surface area contributed by atoms with Gasteiger partial charge in [-0.25, -0.2) is 0 Å². The van der Waals surface area contributed by atoms with E-state index in [1.54, 1.807) is 24.4 Å². The van der Waals surface area contributed by atoms with Crippen molar-refractivity contribution in [3.63, 3.8) is 0 Å². The molecule has 0 aliphatic heterocycles. The van der Waals surface area contributed by atoms with Gasteiger partial charge < -0.3 is 10.3 Å². The highest BCUT2D eigenvalue weighted by molar-refractivity contribution is 6.03. The second-order valence-corrected chi connectivity index (χ2v) is 3.95. The van der Waals surface area contributed by atoms with Crippen LogP contribution in [0.25, 0.3) is 10.9 Å². The highest BCUT2D eigenvalue weighted by atomic mass is 16.1. The fourth-order valence-corrected chi connectivity index (χ4v) is 1.82. The van der Waals surface area contributed by atoms with Crippen molar-refractivity contribution in [2.24, 2.45) is 0 Å². The summed E-state index contributed by atoms with van der Waals surface area (Å²) in [4.78, 5) is 19.0. The lowest BCUT2D eigenvalue weighted by Gasteiger charge is -2.04. The second-order valence-electron chi connectivity index (χ2n) is 3.95. The van der Waals surface area contributed by atoms with Gasteiger partial charge in [0.1, 0.15) is 5.69 Å². The van der Waals surface area contributed by atoms with Crippen LogP contribution in [0.3, 0.4) is 0 Å². The van der Waals surface area contributed by atoms with Gasteiger partial charge in [0.2, 0.25) is 0 Å². The Labute approximate surface area is 104 Å². The number of carbonyl (C=O) groups is 1. The molecule has 4 nitrogen and oxygen atoms in total. The van der Waals surface area contributed by atoms with E-state index in [0.29, 0.717) is 5.69 Å². The Balaban J connectivity index is 1.86. The first-order chi connectivity index (χ1) is 8.83. The molecule has 0 saturated heterocycles. The lowest BCUT2D eigenvalue weighted by atomic mass is 10.2. The number of amides is 1. The van der Waals surface area contributed by atoms with Gasteiger partial charge in [-0.3, -0.25) is 9.78 Å². The predicted molar refractivity (Wildman–Crippen MR) is 70.5 cm³/mol. The summed E-state index contributed by atoms with van der Waals surface area (Å²) in [7, 11) is 0. The molecule has 3 aromatic rings.